The molecular formula is C86H91F3IN23O7. The van der Waals surface area contributed by atoms with Crippen molar-refractivity contribution in [3.8, 4) is 16.9 Å². The van der Waals surface area contributed by atoms with Crippen LogP contribution in [0.1, 0.15) is 117 Å². The highest BCUT2D eigenvalue weighted by molar-refractivity contribution is 14.1. The van der Waals surface area contributed by atoms with E-state index in [1.54, 1.807) is 44.0 Å². The van der Waals surface area contributed by atoms with Crippen LogP contribution in [0.15, 0.2) is 163 Å². The zero-order valence-corrected chi connectivity index (χ0v) is 70.0. The molecule has 34 heteroatoms. The van der Waals surface area contributed by atoms with Gasteiger partial charge in [-0.3, -0.25) is 29.8 Å². The van der Waals surface area contributed by atoms with Crippen LogP contribution in [0.25, 0.3) is 22.1 Å². The van der Waals surface area contributed by atoms with Crippen molar-refractivity contribution in [1.29, 1.82) is 0 Å². The van der Waals surface area contributed by atoms with E-state index in [-0.39, 0.29) is 40.0 Å². The van der Waals surface area contributed by atoms with E-state index in [1.807, 2.05) is 112 Å². The lowest BCUT2D eigenvalue weighted by molar-refractivity contribution is 0.0683. The standard InChI is InChI=1S/C18H20FN5O.C18H15FO3.C17H18FN5O.C16H18N4O.C10H13N5O.C7H7IN4/c1-23(2)18-16-14(21-11-22-18)10-20-17(16)12-3-4-15(13(19)9-12)24-5-7-25-8-6-24;1-10-6-3-4-7-12(10)15-17(21)16-13(19)8-5-9-14(16)22-18(15)11(2)20;1-19-17-15-13(21-10-22-17)9-20-16(15)11-2-3-14(12(18)8-11)23-4-6-24-7-5-23;1-9(2)21-13-5-4-11(6-10(13)3)15-14-12(7-18-15)19-8-20-16(14)17;11-9-8-7(13-6-14-9)5-12-10(8)15-1-3-16-4-2-15;1-9-7-5-4(11-3-12-7)2-10-6(5)8/h3-4,9,11H,5-8,10H2,1-2H3;3-9,11,20H,1-2H3;2-3,8,10H,4-7,9H2,1H3,(H,19,21,22);4-6,8-9H,7H2,1-3H3,(H2,17,19,20);6H,1-5H2,(H2,11,13,14);3H,2H2,1H3,(H,9,11,12). The summed E-state index contributed by atoms with van der Waals surface area (Å²) in [7, 11) is 7.52. The Morgan fingerprint density at radius 2 is 0.967 bits per heavy atom. The molecule has 5 aromatic carbocycles. The molecule has 19 rings (SSSR count). The van der Waals surface area contributed by atoms with Crippen molar-refractivity contribution in [1.82, 2.24) is 54.7 Å². The molecule has 620 valence electrons. The lowest BCUT2D eigenvalue weighted by Gasteiger charge is -2.29. The Hall–Kier alpha value is -12.4. The van der Waals surface area contributed by atoms with Gasteiger partial charge < -0.3 is 70.2 Å². The minimum absolute atomic E-state index is 0.0925. The first-order chi connectivity index (χ1) is 58.2. The third-order valence-corrected chi connectivity index (χ3v) is 21.4. The Morgan fingerprint density at radius 3 is 1.51 bits per heavy atom. The topological polar surface area (TPSA) is 367 Å². The number of anilines is 7. The van der Waals surface area contributed by atoms with Crippen molar-refractivity contribution in [3.63, 3.8) is 0 Å². The van der Waals surface area contributed by atoms with Gasteiger partial charge in [-0.1, -0.05) is 42.5 Å². The van der Waals surface area contributed by atoms with Crippen LogP contribution < -0.4 is 47.0 Å². The molecule has 0 aliphatic carbocycles. The molecular weight excluding hydrogens is 1650 g/mol. The highest BCUT2D eigenvalue weighted by Crippen LogP contribution is 2.36. The molecule has 3 saturated heterocycles. The van der Waals surface area contributed by atoms with Gasteiger partial charge in [0.2, 0.25) is 5.43 Å². The molecule has 120 heavy (non-hydrogen) atoms. The number of aryl methyl sites for hydroxylation is 2. The van der Waals surface area contributed by atoms with Crippen molar-refractivity contribution in [2.45, 2.75) is 79.6 Å². The predicted molar refractivity (Wildman–Crippen MR) is 466 cm³/mol. The number of aliphatic hydroxyl groups is 1. The molecule has 1 unspecified atom stereocenters. The Labute approximate surface area is 704 Å². The average molecular weight is 1740 g/mol. The van der Waals surface area contributed by atoms with Crippen LogP contribution in [-0.4, -0.2) is 200 Å². The third kappa shape index (κ3) is 18.4. The number of amidine groups is 1. The van der Waals surface area contributed by atoms with Crippen molar-refractivity contribution >= 4 is 101 Å². The normalized spacial score (nSPS) is 15.4. The molecule has 0 saturated carbocycles. The van der Waals surface area contributed by atoms with E-state index in [9.17, 15) is 23.1 Å². The fraction of sp³-hybridized carbons (Fsp3) is 0.326. The molecule has 14 heterocycles. The zero-order chi connectivity index (χ0) is 84.3. The molecule has 0 radical (unpaired) electrons. The van der Waals surface area contributed by atoms with Gasteiger partial charge in [0, 0.05) is 84.1 Å². The fourth-order valence-corrected chi connectivity index (χ4v) is 15.5. The summed E-state index contributed by atoms with van der Waals surface area (Å²) < 4.78 is 71.8. The molecule has 8 aliphatic heterocycles. The summed E-state index contributed by atoms with van der Waals surface area (Å²) >= 11 is 2.20. The summed E-state index contributed by atoms with van der Waals surface area (Å²) in [5, 5.41) is 16.0. The number of ether oxygens (including phenoxy) is 4. The van der Waals surface area contributed by atoms with Crippen LogP contribution >= 0.6 is 22.6 Å². The number of benzene rings is 5. The number of aromatic nitrogens is 10. The number of hydrogen-bond donors (Lipinski definition) is 5. The van der Waals surface area contributed by atoms with Crippen molar-refractivity contribution in [2.75, 3.05) is 144 Å². The van der Waals surface area contributed by atoms with Gasteiger partial charge >= 0.3 is 0 Å². The Balaban J connectivity index is 0.000000119. The predicted octanol–water partition coefficient (Wildman–Crippen LogP) is 11.0. The number of nitrogens with zero attached hydrogens (tertiary/aromatic N) is 19. The lowest BCUT2D eigenvalue weighted by atomic mass is 9.96. The molecule has 8 aliphatic rings. The minimum atomic E-state index is -0.977. The Morgan fingerprint density at radius 1 is 0.500 bits per heavy atom. The van der Waals surface area contributed by atoms with Crippen LogP contribution in [0.3, 0.4) is 0 Å². The summed E-state index contributed by atoms with van der Waals surface area (Å²) in [5.41, 5.74) is 29.5. The van der Waals surface area contributed by atoms with E-state index in [4.69, 9.17) is 34.8 Å². The van der Waals surface area contributed by atoms with E-state index in [2.05, 4.69) is 119 Å². The maximum absolute atomic E-state index is 14.7. The summed E-state index contributed by atoms with van der Waals surface area (Å²) in [6, 6.07) is 28.1. The number of aliphatic imine (C=N–C) groups is 5. The van der Waals surface area contributed by atoms with Crippen molar-refractivity contribution in [2.24, 2.45) is 25.0 Å². The number of nitrogen functional groups attached to an aromatic ring is 2. The van der Waals surface area contributed by atoms with Crippen LogP contribution in [0.5, 0.6) is 5.75 Å². The van der Waals surface area contributed by atoms with Crippen LogP contribution in [0.2, 0.25) is 0 Å². The van der Waals surface area contributed by atoms with Crippen molar-refractivity contribution < 1.29 is 41.6 Å². The van der Waals surface area contributed by atoms with Gasteiger partial charge in [0.05, 0.1) is 169 Å². The zero-order valence-electron chi connectivity index (χ0n) is 67.9. The summed E-state index contributed by atoms with van der Waals surface area (Å²) in [6.45, 7) is 20.8. The maximum atomic E-state index is 14.7. The second-order valence-corrected chi connectivity index (χ2v) is 30.0. The monoisotopic (exact) mass is 1740 g/mol. The van der Waals surface area contributed by atoms with E-state index >= 15 is 0 Å². The first-order valence-electron chi connectivity index (χ1n) is 39.2. The average Bonchev–Trinajstić information content (AvgIpc) is 1.47. The second-order valence-electron chi connectivity index (χ2n) is 29.0. The van der Waals surface area contributed by atoms with Gasteiger partial charge in [0.15, 0.2) is 0 Å². The Kier molecular flexibility index (Phi) is 26.7. The highest BCUT2D eigenvalue weighted by atomic mass is 127. The number of rotatable bonds is 12. The molecule has 0 amide bonds. The van der Waals surface area contributed by atoms with Gasteiger partial charge in [0.1, 0.15) is 116 Å². The largest absolute Gasteiger partial charge is 0.491 e. The number of nitrogens with one attached hydrogen (secondary N) is 2. The molecule has 30 nitrogen and oxygen atoms in total. The smallest absolute Gasteiger partial charge is 0.203 e. The third-order valence-electron chi connectivity index (χ3n) is 20.6. The molecule has 1 atom stereocenters. The van der Waals surface area contributed by atoms with E-state index in [0.29, 0.717) is 120 Å². The molecule has 7 N–H and O–H groups in total. The molecule has 11 aromatic rings. The first-order valence-corrected chi connectivity index (χ1v) is 40.2. The molecule has 0 spiro atoms. The van der Waals surface area contributed by atoms with Gasteiger partial charge in [-0.25, -0.2) is 63.0 Å². The number of morpholine rings is 3. The molecule has 6 aromatic heterocycles. The van der Waals surface area contributed by atoms with Gasteiger partial charge in [-0.15, -0.1) is 0 Å². The van der Waals surface area contributed by atoms with Gasteiger partial charge in [0.25, 0.3) is 0 Å². The van der Waals surface area contributed by atoms with E-state index < -0.39 is 17.3 Å². The van der Waals surface area contributed by atoms with Crippen LogP contribution in [-0.2, 0) is 46.9 Å². The second kappa shape index (κ2) is 38.1. The summed E-state index contributed by atoms with van der Waals surface area (Å²) in [4.78, 5) is 85.4. The molecule has 0 bridgehead atoms. The van der Waals surface area contributed by atoms with Crippen molar-refractivity contribution in [3.05, 3.63) is 246 Å². The summed E-state index contributed by atoms with van der Waals surface area (Å²) in [6.07, 6.45) is 6.79. The Bertz CT molecular complexity index is 5850. The number of hydrogen-bond acceptors (Lipinski definition) is 30. The number of aliphatic hydroxyl groups excluding tert-OH is 1. The van der Waals surface area contributed by atoms with Gasteiger partial charge in [-0.2, -0.15) is 0 Å². The SMILES string of the molecule is CN(C)c1ncnc2c1C(c1ccc(N3CCOCC3)c(F)c1)=NC2.CNc1ncnc2c1C(I)=NC2.CNc1ncnc2c1C(c1ccc(N3CCOCC3)c(F)c1)=NC2.Cc1cc(C2=NCc3ncnc(N)c32)ccc1OC(C)C.Cc1ccccc1-c1c(C(C)O)oc2cccc(F)c2c1=O.Nc1ncnc2c1C(N1CCOCC1)=NC2. The van der Waals surface area contributed by atoms with Crippen LogP contribution in [0.4, 0.5) is 53.6 Å². The highest BCUT2D eigenvalue weighted by Gasteiger charge is 2.31. The fourth-order valence-electron chi connectivity index (χ4n) is 14.8. The lowest BCUT2D eigenvalue weighted by Crippen LogP contribution is -2.41. The van der Waals surface area contributed by atoms with E-state index in [0.717, 1.165) is 154 Å². The first kappa shape index (κ1) is 84.1. The minimum Gasteiger partial charge on any atom is -0.491 e. The maximum Gasteiger partial charge on any atom is 0.203 e. The quantitative estimate of drug-likeness (QED) is 0.0709. The van der Waals surface area contributed by atoms with Crippen LogP contribution in [0, 0.1) is 31.3 Å². The number of fused-ring (bicyclic) bond motifs is 6. The number of nitrogens with two attached hydrogens (primary N) is 2. The molecule has 3 fully saturated rings. The number of halogens is 4. The van der Waals surface area contributed by atoms with Gasteiger partial charge in [-0.05, 0) is 128 Å². The van der Waals surface area contributed by atoms with E-state index in [1.165, 1.54) is 44.1 Å². The summed E-state index contributed by atoms with van der Waals surface area (Å²) in [5.74, 6) is 4.26.